The van der Waals surface area contributed by atoms with Gasteiger partial charge < -0.3 is 9.30 Å². The molecule has 1 aliphatic rings. The van der Waals surface area contributed by atoms with E-state index in [0.717, 1.165) is 22.5 Å². The molecule has 0 bridgehead atoms. The molecule has 0 radical (unpaired) electrons. The highest BCUT2D eigenvalue weighted by Crippen LogP contribution is 2.37. The summed E-state index contributed by atoms with van der Waals surface area (Å²) in [6.45, 7) is 5.25. The van der Waals surface area contributed by atoms with Crippen molar-refractivity contribution in [1.29, 1.82) is 0 Å². The molecule has 1 saturated heterocycles. The van der Waals surface area contributed by atoms with Crippen LogP contribution in [0.4, 0.5) is 4.39 Å². The molecule has 1 aliphatic heterocycles. The zero-order valence-electron chi connectivity index (χ0n) is 26.3. The van der Waals surface area contributed by atoms with E-state index in [0.29, 0.717) is 54.4 Å². The first-order valence-electron chi connectivity index (χ1n) is 15.3. The molecule has 46 heavy (non-hydrogen) atoms. The number of carbonyl (C=O) groups is 2. The van der Waals surface area contributed by atoms with E-state index in [9.17, 15) is 14.0 Å². The van der Waals surface area contributed by atoms with Gasteiger partial charge in [-0.1, -0.05) is 25.1 Å². The summed E-state index contributed by atoms with van der Waals surface area (Å²) in [5, 5.41) is 6.75. The Morgan fingerprint density at radius 2 is 1.93 bits per heavy atom. The van der Waals surface area contributed by atoms with E-state index in [1.54, 1.807) is 43.0 Å². The maximum Gasteiger partial charge on any atom is 0.213 e. The normalized spacial score (nSPS) is 16.8. The Hall–Kier alpha value is -4.65. The summed E-state index contributed by atoms with van der Waals surface area (Å²) in [6.07, 6.45) is 3.35. The van der Waals surface area contributed by atoms with Crippen LogP contribution in [0.5, 0.6) is 0 Å². The molecule has 0 N–H and O–H groups in total. The molecule has 5 heterocycles. The van der Waals surface area contributed by atoms with E-state index in [1.165, 1.54) is 12.3 Å². The number of hydrogen-bond donors (Lipinski definition) is 0. The van der Waals surface area contributed by atoms with Crippen LogP contribution in [0.25, 0.3) is 28.1 Å². The number of para-hydroxylation sites is 1. The lowest BCUT2D eigenvalue weighted by atomic mass is 9.91. The van der Waals surface area contributed by atoms with Gasteiger partial charge in [0.25, 0.3) is 0 Å². The second kappa shape index (κ2) is 13.4. The van der Waals surface area contributed by atoms with Gasteiger partial charge >= 0.3 is 0 Å². The molecule has 5 aromatic rings. The fourth-order valence-electron chi connectivity index (χ4n) is 6.04. The Bertz CT molecular complexity index is 1890. The topological polar surface area (TPSA) is 117 Å². The number of halogens is 1. The molecule has 1 fully saturated rings. The van der Waals surface area contributed by atoms with Gasteiger partial charge in [0.15, 0.2) is 17.3 Å². The number of benzene rings is 1. The van der Waals surface area contributed by atoms with Gasteiger partial charge in [-0.15, -0.1) is 0 Å². The zero-order valence-corrected chi connectivity index (χ0v) is 26.3. The zero-order chi connectivity index (χ0) is 32.4. The molecular weight excluding hydrogens is 589 g/mol. The molecule has 4 aromatic heterocycles. The molecule has 1 aromatic carbocycles. The van der Waals surface area contributed by atoms with Crippen LogP contribution < -0.4 is 0 Å². The number of pyridine rings is 2. The molecule has 6 rings (SSSR count). The van der Waals surface area contributed by atoms with Crippen molar-refractivity contribution >= 4 is 22.7 Å². The lowest BCUT2D eigenvalue weighted by Gasteiger charge is -2.17. The molecule has 0 unspecified atom stereocenters. The third-order valence-corrected chi connectivity index (χ3v) is 8.40. The van der Waals surface area contributed by atoms with Gasteiger partial charge in [-0.2, -0.15) is 14.6 Å². The van der Waals surface area contributed by atoms with Crippen molar-refractivity contribution in [2.24, 2.45) is 13.0 Å². The SMILES string of the molecule is CCC(=O)c1nc2cc(-c3nn(-c4ccccc4)c(CC(=O)C[C@@H]4CN(CCOC)O[C@H]4c4ccnc(F)c4)c3C)cnc2n1C. The number of hydroxylamine groups is 2. The number of Topliss-reactive ketones (excluding diaryl/α,β-unsaturated/α-hetero) is 2. The first-order valence-corrected chi connectivity index (χ1v) is 15.3. The smallest absolute Gasteiger partial charge is 0.213 e. The van der Waals surface area contributed by atoms with Crippen molar-refractivity contribution in [2.45, 2.75) is 39.2 Å². The third-order valence-electron chi connectivity index (χ3n) is 8.40. The van der Waals surface area contributed by atoms with E-state index >= 15 is 0 Å². The quantitative estimate of drug-likeness (QED) is 0.139. The second-order valence-electron chi connectivity index (χ2n) is 11.5. The number of aryl methyl sites for hydroxylation is 1. The first kappa shape index (κ1) is 31.3. The highest BCUT2D eigenvalue weighted by molar-refractivity contribution is 5.96. The van der Waals surface area contributed by atoms with Gasteiger partial charge in [-0.25, -0.2) is 19.6 Å². The molecule has 12 heteroatoms. The summed E-state index contributed by atoms with van der Waals surface area (Å²) in [4.78, 5) is 45.3. The van der Waals surface area contributed by atoms with Crippen LogP contribution in [0, 0.1) is 18.8 Å². The number of nitrogens with zero attached hydrogens (tertiary/aromatic N) is 7. The van der Waals surface area contributed by atoms with Gasteiger partial charge in [-0.05, 0) is 48.4 Å². The number of ether oxygens (including phenoxy) is 1. The Kier molecular flexibility index (Phi) is 9.11. The lowest BCUT2D eigenvalue weighted by molar-refractivity contribution is -0.155. The van der Waals surface area contributed by atoms with E-state index in [2.05, 4.69) is 15.0 Å². The highest BCUT2D eigenvalue weighted by atomic mass is 19.1. The number of hydrogen-bond acceptors (Lipinski definition) is 9. The summed E-state index contributed by atoms with van der Waals surface area (Å²) in [5.41, 5.74) is 5.68. The van der Waals surface area contributed by atoms with Gasteiger partial charge in [0.1, 0.15) is 17.4 Å². The monoisotopic (exact) mass is 625 g/mol. The first-order chi connectivity index (χ1) is 22.3. The summed E-state index contributed by atoms with van der Waals surface area (Å²) in [6, 6.07) is 14.6. The molecule has 0 aliphatic carbocycles. The Labute approximate surface area is 266 Å². The van der Waals surface area contributed by atoms with Gasteiger partial charge in [-0.3, -0.25) is 14.4 Å². The maximum atomic E-state index is 14.0. The fraction of sp³-hybridized carbons (Fsp3) is 0.353. The fourth-order valence-corrected chi connectivity index (χ4v) is 6.04. The van der Waals surface area contributed by atoms with Crippen LogP contribution in [0.15, 0.2) is 60.9 Å². The average Bonchev–Trinajstić information content (AvgIpc) is 3.72. The number of methoxy groups -OCH3 is 1. The minimum Gasteiger partial charge on any atom is -0.383 e. The summed E-state index contributed by atoms with van der Waals surface area (Å²) < 4.78 is 22.8. The number of aromatic nitrogens is 6. The van der Waals surface area contributed by atoms with Crippen LogP contribution in [0.2, 0.25) is 0 Å². The van der Waals surface area contributed by atoms with Crippen molar-refractivity contribution < 1.29 is 23.6 Å². The van der Waals surface area contributed by atoms with E-state index in [-0.39, 0.29) is 30.3 Å². The Morgan fingerprint density at radius 3 is 2.67 bits per heavy atom. The molecule has 0 amide bonds. The molecule has 0 saturated carbocycles. The van der Waals surface area contributed by atoms with Gasteiger partial charge in [0.05, 0.1) is 23.7 Å². The second-order valence-corrected chi connectivity index (χ2v) is 11.5. The third kappa shape index (κ3) is 6.23. The van der Waals surface area contributed by atoms with E-state index < -0.39 is 12.1 Å². The summed E-state index contributed by atoms with van der Waals surface area (Å²) in [7, 11) is 3.40. The van der Waals surface area contributed by atoms with Crippen LogP contribution in [0.1, 0.15) is 53.3 Å². The number of ketones is 2. The number of carbonyl (C=O) groups excluding carboxylic acids is 2. The molecule has 11 nitrogen and oxygen atoms in total. The van der Waals surface area contributed by atoms with Crippen LogP contribution in [-0.4, -0.2) is 72.7 Å². The van der Waals surface area contributed by atoms with E-state index in [1.807, 2.05) is 48.0 Å². The number of rotatable bonds is 12. The van der Waals surface area contributed by atoms with Crippen LogP contribution in [-0.2, 0) is 27.8 Å². The standard InChI is InChI=1S/C34H36FN7O4/c1-5-29(44)34-38-27-16-23(19-37-33(27)40(34)3)31-21(2)28(42(39-31)25-9-7-6-8-10-25)18-26(43)15-24-20-41(13-14-45-4)46-32(24)22-11-12-36-30(35)17-22/h6-12,16-17,19,24,32H,5,13-15,18,20H2,1-4H3/t24-,32+/m1/s1. The van der Waals surface area contributed by atoms with Gasteiger partial charge in [0, 0.05) is 70.4 Å². The van der Waals surface area contributed by atoms with Crippen molar-refractivity contribution in [2.75, 3.05) is 26.8 Å². The molecule has 238 valence electrons. The summed E-state index contributed by atoms with van der Waals surface area (Å²) >= 11 is 0. The largest absolute Gasteiger partial charge is 0.383 e. The van der Waals surface area contributed by atoms with Crippen molar-refractivity contribution in [3.05, 3.63) is 89.5 Å². The molecule has 0 spiro atoms. The molecule has 2 atom stereocenters. The average molecular weight is 626 g/mol. The van der Waals surface area contributed by atoms with Crippen molar-refractivity contribution in [3.8, 4) is 16.9 Å². The lowest BCUT2D eigenvalue weighted by Crippen LogP contribution is -2.24. The highest BCUT2D eigenvalue weighted by Gasteiger charge is 2.37. The predicted octanol–water partition coefficient (Wildman–Crippen LogP) is 5.01. The Balaban J connectivity index is 1.32. The minimum absolute atomic E-state index is 0.00877. The minimum atomic E-state index is -0.594. The number of imidazole rings is 1. The van der Waals surface area contributed by atoms with Crippen LogP contribution >= 0.6 is 0 Å². The predicted molar refractivity (Wildman–Crippen MR) is 169 cm³/mol. The van der Waals surface area contributed by atoms with E-state index in [4.69, 9.17) is 14.7 Å². The summed E-state index contributed by atoms with van der Waals surface area (Å²) in [5.74, 6) is -0.477. The number of fused-ring (bicyclic) bond motifs is 1. The van der Waals surface area contributed by atoms with Crippen LogP contribution in [0.3, 0.4) is 0 Å². The molecular formula is C34H36FN7O4. The maximum absolute atomic E-state index is 14.0. The van der Waals surface area contributed by atoms with Crippen molar-refractivity contribution in [3.63, 3.8) is 0 Å². The van der Waals surface area contributed by atoms with Gasteiger partial charge in [0.2, 0.25) is 5.95 Å². The Morgan fingerprint density at radius 1 is 1.13 bits per heavy atom. The van der Waals surface area contributed by atoms with Crippen molar-refractivity contribution in [1.82, 2.24) is 34.4 Å².